The van der Waals surface area contributed by atoms with E-state index < -0.39 is 6.04 Å². The number of carbonyl (C=O) groups is 1. The number of anilines is 1. The molecule has 1 aliphatic rings. The minimum Gasteiger partial charge on any atom is -0.306 e. The summed E-state index contributed by atoms with van der Waals surface area (Å²) in [5.74, 6) is 0.262. The highest BCUT2D eigenvalue weighted by Crippen LogP contribution is 2.34. The molecule has 0 saturated carbocycles. The predicted molar refractivity (Wildman–Crippen MR) is 154 cm³/mol. The summed E-state index contributed by atoms with van der Waals surface area (Å²) in [5.41, 5.74) is 3.54. The number of amides is 1. The Morgan fingerprint density at radius 1 is 1.05 bits per heavy atom. The van der Waals surface area contributed by atoms with Crippen molar-refractivity contribution in [2.45, 2.75) is 24.8 Å². The fourth-order valence-corrected chi connectivity index (χ4v) is 6.63. The van der Waals surface area contributed by atoms with Crippen LogP contribution in [-0.4, -0.2) is 45.5 Å². The van der Waals surface area contributed by atoms with Gasteiger partial charge in [-0.15, -0.1) is 22.7 Å². The molecule has 0 radical (unpaired) electrons. The topological polar surface area (TPSA) is 80.1 Å². The van der Waals surface area contributed by atoms with Gasteiger partial charge in [0.05, 0.1) is 11.8 Å². The Balaban J connectivity index is 1.33. The summed E-state index contributed by atoms with van der Waals surface area (Å²) in [6.07, 6.45) is 5.47. The van der Waals surface area contributed by atoms with E-state index in [1.807, 2.05) is 36.4 Å². The number of piperidine rings is 1. The third-order valence-corrected chi connectivity index (χ3v) is 9.00. The van der Waals surface area contributed by atoms with E-state index in [0.29, 0.717) is 26.8 Å². The highest BCUT2D eigenvalue weighted by molar-refractivity contribution is 7.22. The SMILES string of the molecule is CN1CCC(c2ccc(-c3cc4ncn(C(C(=O)Nc5nccs5)c5ccccc5)c(=O)c4s3)cc2)CC1. The van der Waals surface area contributed by atoms with Crippen molar-refractivity contribution in [3.05, 3.63) is 100 Å². The molecule has 192 valence electrons. The smallest absolute Gasteiger partial charge is 0.272 e. The zero-order chi connectivity index (χ0) is 26.1. The number of thiophene rings is 1. The molecule has 5 aromatic rings. The Hall–Kier alpha value is -3.66. The van der Waals surface area contributed by atoms with Gasteiger partial charge in [-0.25, -0.2) is 9.97 Å². The first-order valence-electron chi connectivity index (χ1n) is 12.6. The van der Waals surface area contributed by atoms with Crippen molar-refractivity contribution in [2.75, 3.05) is 25.5 Å². The predicted octanol–water partition coefficient (Wildman–Crippen LogP) is 5.62. The summed E-state index contributed by atoms with van der Waals surface area (Å²) in [6, 6.07) is 19.1. The first-order chi connectivity index (χ1) is 18.6. The van der Waals surface area contributed by atoms with Gasteiger partial charge in [-0.3, -0.25) is 19.5 Å². The number of likely N-dealkylation sites (tertiary alicyclic amines) is 1. The van der Waals surface area contributed by atoms with Crippen LogP contribution in [0.15, 0.2) is 83.4 Å². The van der Waals surface area contributed by atoms with Gasteiger partial charge in [0.1, 0.15) is 10.7 Å². The lowest BCUT2D eigenvalue weighted by Crippen LogP contribution is -2.34. The Bertz CT molecular complexity index is 1600. The number of fused-ring (bicyclic) bond motifs is 1. The molecule has 4 heterocycles. The highest BCUT2D eigenvalue weighted by Gasteiger charge is 2.26. The van der Waals surface area contributed by atoms with Crippen LogP contribution in [0.25, 0.3) is 20.7 Å². The van der Waals surface area contributed by atoms with Crippen molar-refractivity contribution in [2.24, 2.45) is 0 Å². The maximum Gasteiger partial charge on any atom is 0.272 e. The van der Waals surface area contributed by atoms with Crippen molar-refractivity contribution in [1.82, 2.24) is 19.4 Å². The second-order valence-corrected chi connectivity index (χ2v) is 11.6. The minimum absolute atomic E-state index is 0.239. The normalized spacial score (nSPS) is 15.5. The molecule has 6 rings (SSSR count). The van der Waals surface area contributed by atoms with Crippen LogP contribution in [-0.2, 0) is 4.79 Å². The van der Waals surface area contributed by atoms with Gasteiger partial charge in [0.15, 0.2) is 5.13 Å². The number of hydrogen-bond donors (Lipinski definition) is 1. The number of aromatic nitrogens is 3. The van der Waals surface area contributed by atoms with Crippen molar-refractivity contribution in [3.63, 3.8) is 0 Å². The fraction of sp³-hybridized carbons (Fsp3) is 0.241. The van der Waals surface area contributed by atoms with Crippen LogP contribution < -0.4 is 10.9 Å². The molecule has 0 bridgehead atoms. The van der Waals surface area contributed by atoms with E-state index in [9.17, 15) is 9.59 Å². The molecule has 1 fully saturated rings. The van der Waals surface area contributed by atoms with E-state index in [1.54, 1.807) is 11.6 Å². The van der Waals surface area contributed by atoms with Gasteiger partial charge in [-0.05, 0) is 61.7 Å². The number of rotatable bonds is 6. The lowest BCUT2D eigenvalue weighted by Gasteiger charge is -2.29. The maximum atomic E-state index is 13.7. The molecule has 1 aliphatic heterocycles. The third-order valence-electron chi connectivity index (χ3n) is 7.15. The second kappa shape index (κ2) is 10.6. The number of thiazole rings is 1. The third kappa shape index (κ3) is 4.92. The average Bonchev–Trinajstić information content (AvgIpc) is 3.62. The molecule has 1 atom stereocenters. The molecule has 1 N–H and O–H groups in total. The van der Waals surface area contributed by atoms with E-state index in [1.165, 1.54) is 52.0 Å². The summed E-state index contributed by atoms with van der Waals surface area (Å²) in [6.45, 7) is 2.26. The summed E-state index contributed by atoms with van der Waals surface area (Å²) >= 11 is 2.75. The molecular formula is C29H27N5O2S2. The molecule has 9 heteroatoms. The van der Waals surface area contributed by atoms with Crippen LogP contribution in [0.3, 0.4) is 0 Å². The van der Waals surface area contributed by atoms with Crippen molar-refractivity contribution >= 4 is 43.9 Å². The van der Waals surface area contributed by atoms with Crippen LogP contribution in [0.2, 0.25) is 0 Å². The lowest BCUT2D eigenvalue weighted by atomic mass is 9.89. The monoisotopic (exact) mass is 541 g/mol. The van der Waals surface area contributed by atoms with Crippen LogP contribution in [0.5, 0.6) is 0 Å². The maximum absolute atomic E-state index is 13.7. The van der Waals surface area contributed by atoms with Crippen LogP contribution >= 0.6 is 22.7 Å². The highest BCUT2D eigenvalue weighted by atomic mass is 32.1. The molecule has 0 aliphatic carbocycles. The Morgan fingerprint density at radius 2 is 1.82 bits per heavy atom. The van der Waals surface area contributed by atoms with Gasteiger partial charge in [0, 0.05) is 16.5 Å². The van der Waals surface area contributed by atoms with E-state index in [2.05, 4.69) is 51.5 Å². The van der Waals surface area contributed by atoms with Crippen LogP contribution in [0.4, 0.5) is 5.13 Å². The molecule has 1 amide bonds. The second-order valence-electron chi connectivity index (χ2n) is 9.62. The molecular weight excluding hydrogens is 514 g/mol. The van der Waals surface area contributed by atoms with Gasteiger partial charge >= 0.3 is 0 Å². The van der Waals surface area contributed by atoms with E-state index in [0.717, 1.165) is 23.5 Å². The largest absolute Gasteiger partial charge is 0.306 e. The molecule has 1 saturated heterocycles. The average molecular weight is 542 g/mol. The van der Waals surface area contributed by atoms with Crippen LogP contribution in [0, 0.1) is 0 Å². The van der Waals surface area contributed by atoms with Gasteiger partial charge in [0.25, 0.3) is 11.5 Å². The quantitative estimate of drug-likeness (QED) is 0.302. The summed E-state index contributed by atoms with van der Waals surface area (Å²) < 4.78 is 1.95. The zero-order valence-corrected chi connectivity index (χ0v) is 22.5. The first kappa shape index (κ1) is 24.7. The van der Waals surface area contributed by atoms with E-state index >= 15 is 0 Å². The Kier molecular flexibility index (Phi) is 6.88. The van der Waals surface area contributed by atoms with Crippen molar-refractivity contribution < 1.29 is 4.79 Å². The van der Waals surface area contributed by atoms with Crippen molar-refractivity contribution in [3.8, 4) is 10.4 Å². The van der Waals surface area contributed by atoms with E-state index in [4.69, 9.17) is 0 Å². The summed E-state index contributed by atoms with van der Waals surface area (Å²) in [5, 5.41) is 5.12. The fourth-order valence-electron chi connectivity index (χ4n) is 5.04. The Morgan fingerprint density at radius 3 is 2.53 bits per heavy atom. The molecule has 1 unspecified atom stereocenters. The molecule has 7 nitrogen and oxygen atoms in total. The van der Waals surface area contributed by atoms with Crippen molar-refractivity contribution in [1.29, 1.82) is 0 Å². The number of nitrogens with zero attached hydrogens (tertiary/aromatic N) is 4. The van der Waals surface area contributed by atoms with Gasteiger partial charge in [-0.2, -0.15) is 0 Å². The molecule has 38 heavy (non-hydrogen) atoms. The summed E-state index contributed by atoms with van der Waals surface area (Å²) in [4.78, 5) is 39.2. The van der Waals surface area contributed by atoms with Crippen LogP contribution in [0.1, 0.15) is 35.9 Å². The zero-order valence-electron chi connectivity index (χ0n) is 20.9. The van der Waals surface area contributed by atoms with Gasteiger partial charge in [-0.1, -0.05) is 54.6 Å². The molecule has 0 spiro atoms. The van der Waals surface area contributed by atoms with E-state index in [-0.39, 0.29) is 11.5 Å². The minimum atomic E-state index is -0.871. The first-order valence-corrected chi connectivity index (χ1v) is 14.3. The standard InChI is InChI=1S/C29H27N5O2S2/c1-33-14-11-20(12-15-33)19-7-9-21(10-8-19)24-17-23-26(38-24)28(36)34(18-31-23)25(22-5-3-2-4-6-22)27(35)32-29-30-13-16-37-29/h2-10,13,16-18,20,25H,11-12,14-15H2,1H3,(H,30,32,35). The Labute approximate surface area is 228 Å². The summed E-state index contributed by atoms with van der Waals surface area (Å²) in [7, 11) is 2.18. The number of carbonyl (C=O) groups excluding carboxylic acids is 1. The number of nitrogens with one attached hydrogen (secondary N) is 1. The lowest BCUT2D eigenvalue weighted by molar-refractivity contribution is -0.118. The van der Waals surface area contributed by atoms with Gasteiger partial charge < -0.3 is 4.90 Å². The molecule has 2 aromatic carbocycles. The number of hydrogen-bond acceptors (Lipinski definition) is 7. The number of benzene rings is 2. The molecule has 3 aromatic heterocycles. The van der Waals surface area contributed by atoms with Gasteiger partial charge in [0.2, 0.25) is 0 Å².